The van der Waals surface area contributed by atoms with Gasteiger partial charge >= 0.3 is 0 Å². The lowest BCUT2D eigenvalue weighted by molar-refractivity contribution is -0.120. The van der Waals surface area contributed by atoms with Crippen LogP contribution in [0.15, 0.2) is 0 Å². The predicted octanol–water partition coefficient (Wildman–Crippen LogP) is 1.07. The summed E-state index contributed by atoms with van der Waals surface area (Å²) in [4.78, 5) is 11.0. The highest BCUT2D eigenvalue weighted by atomic mass is 16.2. The van der Waals surface area contributed by atoms with Gasteiger partial charge in [-0.25, -0.2) is 0 Å². The van der Waals surface area contributed by atoms with Gasteiger partial charge in [0.2, 0.25) is 5.91 Å². The van der Waals surface area contributed by atoms with E-state index in [4.69, 9.17) is 0 Å². The zero-order valence-electron chi connectivity index (χ0n) is 6.31. The Hall–Kier alpha value is -0.530. The molecule has 2 fully saturated rings. The number of nitrogens with one attached hydrogen (secondary N) is 1. The maximum absolute atomic E-state index is 11.0. The van der Waals surface area contributed by atoms with Gasteiger partial charge < -0.3 is 5.32 Å². The van der Waals surface area contributed by atoms with E-state index in [0.29, 0.717) is 11.5 Å². The van der Waals surface area contributed by atoms with Crippen LogP contribution in [-0.2, 0) is 4.79 Å². The summed E-state index contributed by atoms with van der Waals surface area (Å²) < 4.78 is 0. The lowest BCUT2D eigenvalue weighted by Crippen LogP contribution is -2.39. The molecule has 0 bridgehead atoms. The summed E-state index contributed by atoms with van der Waals surface area (Å²) in [6, 6.07) is 0.439. The Balaban J connectivity index is 2.15. The molecule has 1 heterocycles. The van der Waals surface area contributed by atoms with E-state index in [2.05, 4.69) is 12.2 Å². The van der Waals surface area contributed by atoms with Crippen LogP contribution < -0.4 is 5.32 Å². The Morgan fingerprint density at radius 2 is 2.30 bits per heavy atom. The fourth-order valence-electron chi connectivity index (χ4n) is 2.16. The number of amides is 1. The van der Waals surface area contributed by atoms with E-state index in [1.54, 1.807) is 0 Å². The SMILES string of the molecule is C[C@@H]1NC(=O)CC12CCC2. The molecule has 1 amide bonds. The monoisotopic (exact) mass is 139 g/mol. The first kappa shape index (κ1) is 6.20. The van der Waals surface area contributed by atoms with Gasteiger partial charge in [0.1, 0.15) is 0 Å². The largest absolute Gasteiger partial charge is 0.353 e. The van der Waals surface area contributed by atoms with Gasteiger partial charge in [-0.3, -0.25) is 4.79 Å². The van der Waals surface area contributed by atoms with Gasteiger partial charge in [-0.1, -0.05) is 6.42 Å². The molecule has 2 heteroatoms. The molecule has 1 atom stereocenters. The van der Waals surface area contributed by atoms with Gasteiger partial charge in [0, 0.05) is 12.5 Å². The molecule has 10 heavy (non-hydrogen) atoms. The van der Waals surface area contributed by atoms with Crippen molar-refractivity contribution in [1.82, 2.24) is 5.32 Å². The average Bonchev–Trinajstić information content (AvgIpc) is 2.04. The van der Waals surface area contributed by atoms with Gasteiger partial charge in [-0.15, -0.1) is 0 Å². The maximum atomic E-state index is 11.0. The van der Waals surface area contributed by atoms with Crippen LogP contribution in [0.3, 0.4) is 0 Å². The third-order valence-corrected chi connectivity index (χ3v) is 3.16. The van der Waals surface area contributed by atoms with Crippen molar-refractivity contribution in [3.63, 3.8) is 0 Å². The van der Waals surface area contributed by atoms with E-state index in [1.807, 2.05) is 0 Å². The Labute approximate surface area is 61.0 Å². The summed E-state index contributed by atoms with van der Waals surface area (Å²) in [5.41, 5.74) is 0.386. The molecule has 0 unspecified atom stereocenters. The number of carbonyl (C=O) groups excluding carboxylic acids is 1. The van der Waals surface area contributed by atoms with Crippen molar-refractivity contribution in [3.05, 3.63) is 0 Å². The lowest BCUT2D eigenvalue weighted by Gasteiger charge is -2.40. The Morgan fingerprint density at radius 1 is 1.60 bits per heavy atom. The topological polar surface area (TPSA) is 29.1 Å². The third kappa shape index (κ3) is 0.619. The van der Waals surface area contributed by atoms with E-state index in [0.717, 1.165) is 6.42 Å². The Bertz CT molecular complexity index is 172. The van der Waals surface area contributed by atoms with Crippen LogP contribution in [0.1, 0.15) is 32.6 Å². The minimum atomic E-state index is 0.257. The highest BCUT2D eigenvalue weighted by Gasteiger charge is 2.48. The smallest absolute Gasteiger partial charge is 0.220 e. The number of rotatable bonds is 0. The van der Waals surface area contributed by atoms with Gasteiger partial charge in [0.25, 0.3) is 0 Å². The van der Waals surface area contributed by atoms with E-state index in [9.17, 15) is 4.79 Å². The van der Waals surface area contributed by atoms with Gasteiger partial charge in [0.15, 0.2) is 0 Å². The predicted molar refractivity (Wildman–Crippen MR) is 38.5 cm³/mol. The zero-order chi connectivity index (χ0) is 7.19. The van der Waals surface area contributed by atoms with Crippen LogP contribution in [0.25, 0.3) is 0 Å². The molecular formula is C8H13NO. The average molecular weight is 139 g/mol. The Kier molecular flexibility index (Phi) is 1.08. The second-order valence-corrected chi connectivity index (χ2v) is 3.68. The van der Waals surface area contributed by atoms with E-state index in [1.165, 1.54) is 19.3 Å². The molecule has 2 nitrogen and oxygen atoms in total. The minimum Gasteiger partial charge on any atom is -0.353 e. The maximum Gasteiger partial charge on any atom is 0.220 e. The molecule has 0 radical (unpaired) electrons. The van der Waals surface area contributed by atoms with Crippen LogP contribution >= 0.6 is 0 Å². The molecule has 1 N–H and O–H groups in total. The Morgan fingerprint density at radius 3 is 2.50 bits per heavy atom. The van der Waals surface area contributed by atoms with Crippen molar-refractivity contribution in [1.29, 1.82) is 0 Å². The first-order valence-corrected chi connectivity index (χ1v) is 4.02. The number of hydrogen-bond acceptors (Lipinski definition) is 1. The van der Waals surface area contributed by atoms with Gasteiger partial charge in [-0.05, 0) is 25.2 Å². The van der Waals surface area contributed by atoms with Crippen LogP contribution in [0.2, 0.25) is 0 Å². The summed E-state index contributed by atoms with van der Waals surface area (Å²) in [5, 5.41) is 2.97. The molecule has 1 aliphatic carbocycles. The van der Waals surface area contributed by atoms with Crippen molar-refractivity contribution in [2.45, 2.75) is 38.6 Å². The number of hydrogen-bond donors (Lipinski definition) is 1. The summed E-state index contributed by atoms with van der Waals surface area (Å²) in [6.45, 7) is 2.13. The summed E-state index contributed by atoms with van der Waals surface area (Å²) in [5.74, 6) is 0.257. The minimum absolute atomic E-state index is 0.257. The van der Waals surface area contributed by atoms with E-state index in [-0.39, 0.29) is 5.91 Å². The molecule has 0 aromatic carbocycles. The second kappa shape index (κ2) is 1.74. The van der Waals surface area contributed by atoms with Crippen LogP contribution in [0.5, 0.6) is 0 Å². The lowest BCUT2D eigenvalue weighted by atomic mass is 9.64. The third-order valence-electron chi connectivity index (χ3n) is 3.16. The molecule has 1 saturated carbocycles. The highest BCUT2D eigenvalue weighted by Crippen LogP contribution is 2.49. The zero-order valence-corrected chi connectivity index (χ0v) is 6.31. The quantitative estimate of drug-likeness (QED) is 0.534. The summed E-state index contributed by atoms with van der Waals surface area (Å²) in [6.07, 6.45) is 4.62. The standard InChI is InChI=1S/C8H13NO/c1-6-8(3-2-4-8)5-7(10)9-6/h6H,2-5H2,1H3,(H,9,10)/t6-/m0/s1. The normalized spacial score (nSPS) is 35.7. The van der Waals surface area contributed by atoms with Crippen LogP contribution in [0, 0.1) is 5.41 Å². The molecule has 0 aromatic heterocycles. The van der Waals surface area contributed by atoms with Crippen molar-refractivity contribution in [2.24, 2.45) is 5.41 Å². The first-order chi connectivity index (χ1) is 4.73. The van der Waals surface area contributed by atoms with Gasteiger partial charge in [-0.2, -0.15) is 0 Å². The van der Waals surface area contributed by atoms with Crippen molar-refractivity contribution in [2.75, 3.05) is 0 Å². The van der Waals surface area contributed by atoms with E-state index < -0.39 is 0 Å². The van der Waals surface area contributed by atoms with Crippen LogP contribution in [-0.4, -0.2) is 11.9 Å². The van der Waals surface area contributed by atoms with E-state index >= 15 is 0 Å². The molecule has 1 saturated heterocycles. The summed E-state index contributed by atoms with van der Waals surface area (Å²) >= 11 is 0. The van der Waals surface area contributed by atoms with Crippen molar-refractivity contribution < 1.29 is 4.79 Å². The van der Waals surface area contributed by atoms with Crippen molar-refractivity contribution in [3.8, 4) is 0 Å². The molecule has 2 aliphatic rings. The fourth-order valence-corrected chi connectivity index (χ4v) is 2.16. The van der Waals surface area contributed by atoms with Gasteiger partial charge in [0.05, 0.1) is 0 Å². The number of carbonyl (C=O) groups is 1. The summed E-state index contributed by atoms with van der Waals surface area (Å²) in [7, 11) is 0. The molecule has 0 aromatic rings. The molecule has 56 valence electrons. The molecule has 2 rings (SSSR count). The highest BCUT2D eigenvalue weighted by molar-refractivity contribution is 5.80. The fraction of sp³-hybridized carbons (Fsp3) is 0.875. The van der Waals surface area contributed by atoms with Crippen molar-refractivity contribution >= 4 is 5.91 Å². The first-order valence-electron chi connectivity index (χ1n) is 4.02. The molecule has 1 aliphatic heterocycles. The van der Waals surface area contributed by atoms with Crippen LogP contribution in [0.4, 0.5) is 0 Å². The molecular weight excluding hydrogens is 126 g/mol. The molecule has 1 spiro atoms. The second-order valence-electron chi connectivity index (χ2n) is 3.68.